The third-order valence-corrected chi connectivity index (χ3v) is 3.15. The predicted molar refractivity (Wildman–Crippen MR) is 79.2 cm³/mol. The molecule has 0 saturated heterocycles. The number of benzene rings is 2. The maximum atomic E-state index is 12.0. The van der Waals surface area contributed by atoms with Crippen molar-refractivity contribution in [2.24, 2.45) is 0 Å². The van der Waals surface area contributed by atoms with E-state index in [9.17, 15) is 14.4 Å². The number of aromatic carboxylic acids is 2. The van der Waals surface area contributed by atoms with E-state index < -0.39 is 11.9 Å². The minimum Gasteiger partial charge on any atom is -0.478 e. The van der Waals surface area contributed by atoms with Gasteiger partial charge in [-0.1, -0.05) is 24.3 Å². The average molecular weight is 298 g/mol. The van der Waals surface area contributed by atoms with Crippen molar-refractivity contribution < 1.29 is 24.6 Å². The summed E-state index contributed by atoms with van der Waals surface area (Å²) in [5.41, 5.74) is 1.52. The van der Waals surface area contributed by atoms with Crippen LogP contribution in [0.15, 0.2) is 48.5 Å². The monoisotopic (exact) mass is 298 g/mol. The first kappa shape index (κ1) is 15.4. The molecule has 2 aromatic rings. The number of carboxylic acid groups (broad SMARTS) is 2. The summed E-state index contributed by atoms with van der Waals surface area (Å²) in [6.45, 7) is 0. The Morgan fingerprint density at radius 3 is 1.50 bits per heavy atom. The van der Waals surface area contributed by atoms with Gasteiger partial charge in [-0.2, -0.15) is 0 Å². The first-order valence-corrected chi connectivity index (χ1v) is 6.62. The minimum absolute atomic E-state index is 0.106. The zero-order valence-electron chi connectivity index (χ0n) is 11.7. The number of hydrogen-bond acceptors (Lipinski definition) is 3. The highest BCUT2D eigenvalue weighted by atomic mass is 16.4. The van der Waals surface area contributed by atoms with E-state index in [1.165, 1.54) is 24.3 Å². The van der Waals surface area contributed by atoms with Crippen LogP contribution < -0.4 is 0 Å². The molecule has 0 fully saturated rings. The maximum absolute atomic E-state index is 12.0. The number of rotatable bonds is 6. The van der Waals surface area contributed by atoms with E-state index in [1.807, 2.05) is 0 Å². The molecule has 112 valence electrons. The highest BCUT2D eigenvalue weighted by molar-refractivity contribution is 5.90. The quantitative estimate of drug-likeness (QED) is 0.854. The number of carbonyl (C=O) groups is 3. The molecule has 2 aromatic carbocycles. The highest BCUT2D eigenvalue weighted by Gasteiger charge is 2.10. The lowest BCUT2D eigenvalue weighted by atomic mass is 10.0. The van der Waals surface area contributed by atoms with Gasteiger partial charge in [-0.25, -0.2) is 9.59 Å². The highest BCUT2D eigenvalue weighted by Crippen LogP contribution is 2.10. The average Bonchev–Trinajstić information content (AvgIpc) is 2.47. The summed E-state index contributed by atoms with van der Waals surface area (Å²) >= 11 is 0. The number of hydrogen-bond donors (Lipinski definition) is 2. The molecule has 2 rings (SSSR count). The molecule has 0 aromatic heterocycles. The van der Waals surface area contributed by atoms with Crippen LogP contribution in [0.25, 0.3) is 0 Å². The minimum atomic E-state index is -1.04. The van der Waals surface area contributed by atoms with Crippen molar-refractivity contribution in [3.8, 4) is 0 Å². The van der Waals surface area contributed by atoms with Crippen LogP contribution in [0.5, 0.6) is 0 Å². The lowest BCUT2D eigenvalue weighted by Gasteiger charge is -2.04. The van der Waals surface area contributed by atoms with Gasteiger partial charge >= 0.3 is 11.9 Å². The van der Waals surface area contributed by atoms with Gasteiger partial charge < -0.3 is 10.2 Å². The molecule has 22 heavy (non-hydrogen) atoms. The van der Waals surface area contributed by atoms with Crippen LogP contribution in [0.1, 0.15) is 31.8 Å². The van der Waals surface area contributed by atoms with Crippen LogP contribution >= 0.6 is 0 Å². The lowest BCUT2D eigenvalue weighted by Crippen LogP contribution is -2.08. The number of carboxylic acids is 2. The fourth-order valence-electron chi connectivity index (χ4n) is 2.15. The Kier molecular flexibility index (Phi) is 4.68. The fourth-order valence-corrected chi connectivity index (χ4v) is 2.15. The van der Waals surface area contributed by atoms with Crippen LogP contribution in [0.2, 0.25) is 0 Å². The van der Waals surface area contributed by atoms with E-state index in [-0.39, 0.29) is 29.8 Å². The number of Topliss-reactive ketones (excluding diaryl/α,β-unsaturated/α-hetero) is 1. The Morgan fingerprint density at radius 1 is 0.727 bits per heavy atom. The number of carbonyl (C=O) groups excluding carboxylic acids is 1. The van der Waals surface area contributed by atoms with E-state index in [1.54, 1.807) is 24.3 Å². The molecular formula is C17H14O5. The second-order valence-electron chi connectivity index (χ2n) is 4.90. The summed E-state index contributed by atoms with van der Waals surface area (Å²) < 4.78 is 0. The van der Waals surface area contributed by atoms with Crippen LogP contribution in [0, 0.1) is 0 Å². The molecule has 0 radical (unpaired) electrons. The molecule has 0 atom stereocenters. The van der Waals surface area contributed by atoms with Crippen LogP contribution in [0.4, 0.5) is 0 Å². The van der Waals surface area contributed by atoms with Crippen molar-refractivity contribution in [3.63, 3.8) is 0 Å². The van der Waals surface area contributed by atoms with Gasteiger partial charge in [0.2, 0.25) is 0 Å². The summed E-state index contributed by atoms with van der Waals surface area (Å²) in [7, 11) is 0. The molecule has 0 aliphatic carbocycles. The van der Waals surface area contributed by atoms with E-state index in [0.29, 0.717) is 11.1 Å². The SMILES string of the molecule is O=C(Cc1cccc(C(=O)O)c1)Cc1cccc(C(=O)O)c1. The van der Waals surface area contributed by atoms with Crippen LogP contribution in [0.3, 0.4) is 0 Å². The molecule has 5 heteroatoms. The number of ketones is 1. The van der Waals surface area contributed by atoms with Crippen molar-refractivity contribution in [2.75, 3.05) is 0 Å². The Hall–Kier alpha value is -2.95. The van der Waals surface area contributed by atoms with Gasteiger partial charge in [0, 0.05) is 12.8 Å². The third-order valence-electron chi connectivity index (χ3n) is 3.15. The van der Waals surface area contributed by atoms with Crippen LogP contribution in [-0.2, 0) is 17.6 Å². The Bertz CT molecular complexity index is 672. The Labute approximate surface area is 126 Å². The molecule has 0 bridgehead atoms. The van der Waals surface area contributed by atoms with Gasteiger partial charge in [0.05, 0.1) is 11.1 Å². The molecule has 0 aliphatic heterocycles. The lowest BCUT2D eigenvalue weighted by molar-refractivity contribution is -0.117. The molecule has 0 amide bonds. The van der Waals surface area contributed by atoms with Crippen molar-refractivity contribution in [1.82, 2.24) is 0 Å². The molecule has 0 unspecified atom stereocenters. The van der Waals surface area contributed by atoms with Gasteiger partial charge in [0.1, 0.15) is 5.78 Å². The zero-order valence-corrected chi connectivity index (χ0v) is 11.7. The van der Waals surface area contributed by atoms with E-state index in [4.69, 9.17) is 10.2 Å². The standard InChI is InChI=1S/C17H14O5/c18-15(9-11-3-1-5-13(7-11)16(19)20)10-12-4-2-6-14(8-12)17(21)22/h1-8H,9-10H2,(H,19,20)(H,21,22). The van der Waals surface area contributed by atoms with Gasteiger partial charge in [-0.05, 0) is 35.4 Å². The zero-order chi connectivity index (χ0) is 16.1. The third kappa shape index (κ3) is 4.02. The molecular weight excluding hydrogens is 284 g/mol. The maximum Gasteiger partial charge on any atom is 0.335 e. The second-order valence-corrected chi connectivity index (χ2v) is 4.90. The molecule has 0 heterocycles. The van der Waals surface area contributed by atoms with Gasteiger partial charge in [0.25, 0.3) is 0 Å². The Morgan fingerprint density at radius 2 is 1.14 bits per heavy atom. The van der Waals surface area contributed by atoms with Crippen LogP contribution in [-0.4, -0.2) is 27.9 Å². The van der Waals surface area contributed by atoms with Crippen molar-refractivity contribution in [1.29, 1.82) is 0 Å². The van der Waals surface area contributed by atoms with Gasteiger partial charge in [-0.15, -0.1) is 0 Å². The normalized spacial score (nSPS) is 10.2. The smallest absolute Gasteiger partial charge is 0.335 e. The van der Waals surface area contributed by atoms with Crippen molar-refractivity contribution >= 4 is 17.7 Å². The second kappa shape index (κ2) is 6.67. The Balaban J connectivity index is 2.07. The van der Waals surface area contributed by atoms with Crippen molar-refractivity contribution in [3.05, 3.63) is 70.8 Å². The molecule has 0 aliphatic rings. The first-order valence-electron chi connectivity index (χ1n) is 6.62. The van der Waals surface area contributed by atoms with E-state index in [2.05, 4.69) is 0 Å². The van der Waals surface area contributed by atoms with E-state index in [0.717, 1.165) is 0 Å². The first-order chi connectivity index (χ1) is 10.5. The summed E-state index contributed by atoms with van der Waals surface area (Å²) in [6.07, 6.45) is 0.219. The molecule has 0 saturated carbocycles. The largest absolute Gasteiger partial charge is 0.478 e. The van der Waals surface area contributed by atoms with Gasteiger partial charge in [-0.3, -0.25) is 4.79 Å². The summed E-state index contributed by atoms with van der Waals surface area (Å²) in [6, 6.07) is 12.4. The summed E-state index contributed by atoms with van der Waals surface area (Å²) in [4.78, 5) is 33.8. The summed E-state index contributed by atoms with van der Waals surface area (Å²) in [5.74, 6) is -2.18. The van der Waals surface area contributed by atoms with E-state index >= 15 is 0 Å². The molecule has 0 spiro atoms. The fraction of sp³-hybridized carbons (Fsp3) is 0.118. The molecule has 2 N–H and O–H groups in total. The summed E-state index contributed by atoms with van der Waals surface area (Å²) in [5, 5.41) is 17.8. The predicted octanol–water partition coefficient (Wildman–Crippen LogP) is 2.44. The van der Waals surface area contributed by atoms with Crippen molar-refractivity contribution in [2.45, 2.75) is 12.8 Å². The molecule has 5 nitrogen and oxygen atoms in total. The topological polar surface area (TPSA) is 91.7 Å². The van der Waals surface area contributed by atoms with Gasteiger partial charge in [0.15, 0.2) is 0 Å².